The summed E-state index contributed by atoms with van der Waals surface area (Å²) in [6.45, 7) is 6.92. The monoisotopic (exact) mass is 200 g/mol. The van der Waals surface area contributed by atoms with Gasteiger partial charge in [-0.2, -0.15) is 11.8 Å². The lowest BCUT2D eigenvalue weighted by Crippen LogP contribution is -2.26. The average molecular weight is 200 g/mol. The Morgan fingerprint density at radius 2 is 2.38 bits per heavy atom. The maximum Gasteiger partial charge on any atom is 0.0609 e. The molecule has 0 aromatic carbocycles. The highest BCUT2D eigenvalue weighted by molar-refractivity contribution is 7.99. The summed E-state index contributed by atoms with van der Waals surface area (Å²) in [6, 6.07) is 0. The summed E-state index contributed by atoms with van der Waals surface area (Å²) in [7, 11) is 0. The van der Waals surface area contributed by atoms with E-state index >= 15 is 0 Å². The van der Waals surface area contributed by atoms with Crippen LogP contribution >= 0.6 is 11.8 Å². The fourth-order valence-electron chi connectivity index (χ4n) is 1.65. The van der Waals surface area contributed by atoms with Gasteiger partial charge in [0.1, 0.15) is 0 Å². The van der Waals surface area contributed by atoms with E-state index in [9.17, 15) is 0 Å². The zero-order chi connectivity index (χ0) is 9.52. The summed E-state index contributed by atoms with van der Waals surface area (Å²) in [5.74, 6) is 3.30. The molecule has 0 aromatic rings. The van der Waals surface area contributed by atoms with E-state index in [-0.39, 0.29) is 0 Å². The topological polar surface area (TPSA) is 9.23 Å². The Morgan fingerprint density at radius 3 is 2.92 bits per heavy atom. The molecule has 0 N–H and O–H groups in total. The molecule has 0 bridgehead atoms. The van der Waals surface area contributed by atoms with Crippen LogP contribution < -0.4 is 0 Å². The van der Waals surface area contributed by atoms with Crippen LogP contribution in [-0.2, 0) is 4.74 Å². The number of ether oxygens (including phenoxy) is 1. The first kappa shape index (κ1) is 11.1. The van der Waals surface area contributed by atoms with Crippen LogP contribution in [0.25, 0.3) is 0 Å². The number of hydrogen-bond acceptors (Lipinski definition) is 2. The second kappa shape index (κ2) is 6.50. The minimum absolute atomic E-state index is 0.459. The van der Waals surface area contributed by atoms with Gasteiger partial charge >= 0.3 is 0 Å². The molecule has 0 amide bonds. The summed E-state index contributed by atoms with van der Waals surface area (Å²) in [4.78, 5) is 0. The normalized spacial score (nSPS) is 28.7. The summed E-state index contributed by atoms with van der Waals surface area (Å²) in [5, 5.41) is 0. The third kappa shape index (κ3) is 4.19. The van der Waals surface area contributed by atoms with E-state index in [0.717, 1.165) is 18.9 Å². The van der Waals surface area contributed by atoms with Gasteiger partial charge in [-0.25, -0.2) is 0 Å². The average Bonchev–Trinajstić information content (AvgIpc) is 2.17. The van der Waals surface area contributed by atoms with Crippen LogP contribution in [0.1, 0.15) is 26.2 Å². The predicted molar refractivity (Wildman–Crippen MR) is 60.3 cm³/mol. The van der Waals surface area contributed by atoms with Crippen molar-refractivity contribution in [3.05, 3.63) is 12.7 Å². The minimum atomic E-state index is 0.459. The van der Waals surface area contributed by atoms with Crippen LogP contribution in [0.2, 0.25) is 0 Å². The van der Waals surface area contributed by atoms with E-state index in [4.69, 9.17) is 4.74 Å². The van der Waals surface area contributed by atoms with Gasteiger partial charge in [0.2, 0.25) is 0 Å². The van der Waals surface area contributed by atoms with Crippen molar-refractivity contribution in [1.82, 2.24) is 0 Å². The quantitative estimate of drug-likeness (QED) is 0.631. The van der Waals surface area contributed by atoms with Crippen LogP contribution in [0, 0.1) is 5.92 Å². The summed E-state index contributed by atoms with van der Waals surface area (Å²) in [5.41, 5.74) is 0. The molecule has 1 aliphatic rings. The van der Waals surface area contributed by atoms with Crippen molar-refractivity contribution >= 4 is 11.8 Å². The zero-order valence-electron chi connectivity index (χ0n) is 8.50. The maximum absolute atomic E-state index is 5.74. The fraction of sp³-hybridized carbons (Fsp3) is 0.818. The van der Waals surface area contributed by atoms with Gasteiger partial charge < -0.3 is 4.74 Å². The minimum Gasteiger partial charge on any atom is -0.378 e. The molecular weight excluding hydrogens is 180 g/mol. The number of thioether (sulfide) groups is 1. The SMILES string of the molecule is C=CC[C@H]1CC[C@@H](CSCC)CO1. The molecule has 0 saturated carbocycles. The second-order valence-corrected chi connectivity index (χ2v) is 4.90. The van der Waals surface area contributed by atoms with E-state index in [2.05, 4.69) is 13.5 Å². The van der Waals surface area contributed by atoms with Gasteiger partial charge in [0.15, 0.2) is 0 Å². The molecular formula is C11H20OS. The van der Waals surface area contributed by atoms with Crippen molar-refractivity contribution in [2.45, 2.75) is 32.3 Å². The first-order chi connectivity index (χ1) is 6.36. The van der Waals surface area contributed by atoms with Crippen molar-refractivity contribution in [1.29, 1.82) is 0 Å². The molecule has 1 nitrogen and oxygen atoms in total. The van der Waals surface area contributed by atoms with E-state index < -0.39 is 0 Å². The molecule has 1 heterocycles. The smallest absolute Gasteiger partial charge is 0.0609 e. The Balaban J connectivity index is 2.11. The van der Waals surface area contributed by atoms with Gasteiger partial charge in [0.05, 0.1) is 12.7 Å². The van der Waals surface area contributed by atoms with Gasteiger partial charge in [-0.15, -0.1) is 6.58 Å². The number of hydrogen-bond donors (Lipinski definition) is 0. The Hall–Kier alpha value is 0.0500. The standard InChI is InChI=1S/C11H20OS/c1-3-5-11-7-6-10(8-12-11)9-13-4-2/h3,10-11H,1,4-9H2,2H3/t10-,11+/m1/s1. The Bertz CT molecular complexity index is 139. The Kier molecular flexibility index (Phi) is 5.56. The zero-order valence-corrected chi connectivity index (χ0v) is 9.31. The molecule has 1 saturated heterocycles. The molecule has 2 atom stereocenters. The van der Waals surface area contributed by atoms with E-state index in [1.165, 1.54) is 24.3 Å². The molecule has 13 heavy (non-hydrogen) atoms. The molecule has 0 aromatic heterocycles. The highest BCUT2D eigenvalue weighted by Gasteiger charge is 2.20. The van der Waals surface area contributed by atoms with Crippen molar-refractivity contribution < 1.29 is 4.74 Å². The fourth-order valence-corrected chi connectivity index (χ4v) is 2.48. The van der Waals surface area contributed by atoms with Crippen LogP contribution in [0.4, 0.5) is 0 Å². The third-order valence-corrected chi connectivity index (χ3v) is 3.57. The summed E-state index contributed by atoms with van der Waals surface area (Å²) in [6.07, 6.45) is 6.01. The Morgan fingerprint density at radius 1 is 1.54 bits per heavy atom. The van der Waals surface area contributed by atoms with Crippen LogP contribution in [0.3, 0.4) is 0 Å². The van der Waals surface area contributed by atoms with Crippen molar-refractivity contribution in [3.8, 4) is 0 Å². The first-order valence-corrected chi connectivity index (χ1v) is 6.32. The van der Waals surface area contributed by atoms with Gasteiger partial charge in [0, 0.05) is 0 Å². The van der Waals surface area contributed by atoms with Crippen molar-refractivity contribution in [2.75, 3.05) is 18.1 Å². The molecule has 0 unspecified atom stereocenters. The van der Waals surface area contributed by atoms with E-state index in [1.807, 2.05) is 17.8 Å². The van der Waals surface area contributed by atoms with Gasteiger partial charge in [-0.05, 0) is 36.7 Å². The lowest BCUT2D eigenvalue weighted by atomic mass is 9.99. The molecule has 1 fully saturated rings. The lowest BCUT2D eigenvalue weighted by Gasteiger charge is -2.28. The summed E-state index contributed by atoms with van der Waals surface area (Å²) >= 11 is 2.03. The predicted octanol–water partition coefficient (Wildman–Crippen LogP) is 3.11. The molecule has 0 aliphatic carbocycles. The molecule has 76 valence electrons. The van der Waals surface area contributed by atoms with Crippen LogP contribution in [0.15, 0.2) is 12.7 Å². The summed E-state index contributed by atoms with van der Waals surface area (Å²) < 4.78 is 5.74. The third-order valence-electron chi connectivity index (χ3n) is 2.45. The highest BCUT2D eigenvalue weighted by Crippen LogP contribution is 2.23. The molecule has 2 heteroatoms. The lowest BCUT2D eigenvalue weighted by molar-refractivity contribution is -0.00738. The molecule has 0 spiro atoms. The molecule has 1 aliphatic heterocycles. The highest BCUT2D eigenvalue weighted by atomic mass is 32.2. The second-order valence-electron chi connectivity index (χ2n) is 3.58. The van der Waals surface area contributed by atoms with Gasteiger partial charge in [0.25, 0.3) is 0 Å². The number of rotatable bonds is 5. The molecule has 1 rings (SSSR count). The largest absolute Gasteiger partial charge is 0.378 e. The van der Waals surface area contributed by atoms with Crippen LogP contribution in [0.5, 0.6) is 0 Å². The van der Waals surface area contributed by atoms with Crippen molar-refractivity contribution in [3.63, 3.8) is 0 Å². The maximum atomic E-state index is 5.74. The van der Waals surface area contributed by atoms with Gasteiger partial charge in [-0.1, -0.05) is 13.0 Å². The van der Waals surface area contributed by atoms with Crippen LogP contribution in [-0.4, -0.2) is 24.2 Å². The van der Waals surface area contributed by atoms with E-state index in [0.29, 0.717) is 6.10 Å². The van der Waals surface area contributed by atoms with E-state index in [1.54, 1.807) is 0 Å². The molecule has 0 radical (unpaired) electrons. The first-order valence-electron chi connectivity index (χ1n) is 5.17. The Labute approximate surface area is 85.9 Å². The van der Waals surface area contributed by atoms with Gasteiger partial charge in [-0.3, -0.25) is 0 Å². The van der Waals surface area contributed by atoms with Crippen molar-refractivity contribution in [2.24, 2.45) is 5.92 Å².